The van der Waals surface area contributed by atoms with E-state index in [-0.39, 0.29) is 24.0 Å². The van der Waals surface area contributed by atoms with E-state index in [1.807, 2.05) is 0 Å². The molecule has 0 unspecified atom stereocenters. The van der Waals surface area contributed by atoms with Crippen LogP contribution in [0.5, 0.6) is 0 Å². The van der Waals surface area contributed by atoms with Gasteiger partial charge in [0.25, 0.3) is 0 Å². The Morgan fingerprint density at radius 3 is 2.52 bits per heavy atom. The van der Waals surface area contributed by atoms with Crippen molar-refractivity contribution in [3.05, 3.63) is 0 Å². The van der Waals surface area contributed by atoms with Gasteiger partial charge in [-0.1, -0.05) is 39.0 Å². The minimum Gasteiger partial charge on any atom is -0.383 e. The zero-order chi connectivity index (χ0) is 16.0. The van der Waals surface area contributed by atoms with Crippen LogP contribution < -0.4 is 11.1 Å². The maximum Gasteiger partial charge on any atom is 0.188 e. The number of nitrogens with zero attached hydrogens (tertiary/aromatic N) is 2. The lowest BCUT2D eigenvalue weighted by Gasteiger charge is -2.21. The first kappa shape index (κ1) is 22.9. The van der Waals surface area contributed by atoms with Gasteiger partial charge in [-0.05, 0) is 19.3 Å². The molecule has 0 spiro atoms. The monoisotopic (exact) mass is 440 g/mol. The molecule has 1 saturated carbocycles. The lowest BCUT2D eigenvalue weighted by atomic mass is 10.1. The van der Waals surface area contributed by atoms with Crippen LogP contribution in [0.25, 0.3) is 0 Å². The van der Waals surface area contributed by atoms with Gasteiger partial charge in [-0.3, -0.25) is 9.89 Å². The van der Waals surface area contributed by atoms with Gasteiger partial charge in [0, 0.05) is 39.3 Å². The number of unbranched alkanes of at least 4 members (excludes halogenated alkanes) is 5. The molecule has 138 valence electrons. The van der Waals surface area contributed by atoms with Crippen molar-refractivity contribution in [2.75, 3.05) is 39.9 Å². The molecule has 5 nitrogen and oxygen atoms in total. The highest BCUT2D eigenvalue weighted by atomic mass is 127. The van der Waals surface area contributed by atoms with Crippen LogP contribution in [0.2, 0.25) is 0 Å². The van der Waals surface area contributed by atoms with E-state index < -0.39 is 0 Å². The summed E-state index contributed by atoms with van der Waals surface area (Å²) in [7, 11) is 1.76. The van der Waals surface area contributed by atoms with E-state index in [1.165, 1.54) is 44.9 Å². The van der Waals surface area contributed by atoms with E-state index in [2.05, 4.69) is 22.1 Å². The van der Waals surface area contributed by atoms with Crippen molar-refractivity contribution < 1.29 is 4.74 Å². The zero-order valence-electron chi connectivity index (χ0n) is 15.1. The summed E-state index contributed by atoms with van der Waals surface area (Å²) in [4.78, 5) is 6.89. The number of rotatable bonds is 14. The maximum absolute atomic E-state index is 5.91. The van der Waals surface area contributed by atoms with Crippen molar-refractivity contribution in [2.24, 2.45) is 10.7 Å². The average Bonchev–Trinajstić information content (AvgIpc) is 3.34. The Bertz CT molecular complexity index is 298. The predicted molar refractivity (Wildman–Crippen MR) is 110 cm³/mol. The number of guanidine groups is 1. The maximum atomic E-state index is 5.91. The molecule has 23 heavy (non-hydrogen) atoms. The third-order valence-electron chi connectivity index (χ3n) is 4.14. The zero-order valence-corrected chi connectivity index (χ0v) is 17.4. The Hall–Kier alpha value is -0.0800. The average molecular weight is 440 g/mol. The van der Waals surface area contributed by atoms with Crippen molar-refractivity contribution in [1.82, 2.24) is 10.2 Å². The van der Waals surface area contributed by atoms with Crippen molar-refractivity contribution in [3.63, 3.8) is 0 Å². The van der Waals surface area contributed by atoms with E-state index in [4.69, 9.17) is 10.5 Å². The summed E-state index contributed by atoms with van der Waals surface area (Å²) < 4.78 is 5.17. The smallest absolute Gasteiger partial charge is 0.188 e. The van der Waals surface area contributed by atoms with Gasteiger partial charge in [-0.15, -0.1) is 24.0 Å². The molecule has 0 aromatic heterocycles. The van der Waals surface area contributed by atoms with Crippen LogP contribution in [0.3, 0.4) is 0 Å². The minimum absolute atomic E-state index is 0. The lowest BCUT2D eigenvalue weighted by molar-refractivity contribution is 0.144. The van der Waals surface area contributed by atoms with Gasteiger partial charge >= 0.3 is 0 Å². The highest BCUT2D eigenvalue weighted by Crippen LogP contribution is 2.25. The van der Waals surface area contributed by atoms with Crippen LogP contribution >= 0.6 is 24.0 Å². The molecule has 0 aliphatic heterocycles. The molecule has 1 aliphatic carbocycles. The minimum atomic E-state index is 0. The SMILES string of the molecule is CCCCCCCCN=C(N)NCCN(CCOC)C1CC1.I. The summed E-state index contributed by atoms with van der Waals surface area (Å²) >= 11 is 0. The molecule has 0 saturated heterocycles. The van der Waals surface area contributed by atoms with Crippen molar-refractivity contribution in [2.45, 2.75) is 64.3 Å². The van der Waals surface area contributed by atoms with Gasteiger partial charge in [-0.25, -0.2) is 0 Å². The second-order valence-corrected chi connectivity index (χ2v) is 6.22. The van der Waals surface area contributed by atoms with Crippen molar-refractivity contribution in [1.29, 1.82) is 0 Å². The molecule has 0 aromatic carbocycles. The van der Waals surface area contributed by atoms with E-state index in [0.29, 0.717) is 5.96 Å². The molecule has 0 amide bonds. The number of nitrogens with one attached hydrogen (secondary N) is 1. The molecule has 0 heterocycles. The Balaban J connectivity index is 0.00000484. The Morgan fingerprint density at radius 1 is 1.17 bits per heavy atom. The Morgan fingerprint density at radius 2 is 1.87 bits per heavy atom. The fourth-order valence-electron chi connectivity index (χ4n) is 2.60. The molecule has 0 aromatic rings. The molecule has 0 atom stereocenters. The summed E-state index contributed by atoms with van der Waals surface area (Å²) in [6.07, 6.45) is 10.4. The first-order chi connectivity index (χ1) is 10.8. The third kappa shape index (κ3) is 12.9. The normalized spacial score (nSPS) is 14.8. The molecule has 0 bridgehead atoms. The fraction of sp³-hybridized carbons (Fsp3) is 0.941. The number of halogens is 1. The summed E-state index contributed by atoms with van der Waals surface area (Å²) in [5.74, 6) is 0.594. The van der Waals surface area contributed by atoms with Crippen molar-refractivity contribution >= 4 is 29.9 Å². The topological polar surface area (TPSA) is 62.9 Å². The number of hydrogen-bond acceptors (Lipinski definition) is 3. The standard InChI is InChI=1S/C17H36N4O.HI/c1-3-4-5-6-7-8-11-19-17(18)20-12-13-21(14-15-22-2)16-9-10-16;/h16H,3-15H2,1-2H3,(H3,18,19,20);1H. The Labute approximate surface area is 159 Å². The van der Waals surface area contributed by atoms with Crippen LogP contribution in [0.15, 0.2) is 4.99 Å². The summed E-state index contributed by atoms with van der Waals surface area (Å²) in [6.45, 7) is 6.79. The molecule has 0 radical (unpaired) electrons. The number of ether oxygens (including phenoxy) is 1. The van der Waals surface area contributed by atoms with E-state index >= 15 is 0 Å². The second kappa shape index (κ2) is 15.4. The van der Waals surface area contributed by atoms with Crippen LogP contribution in [0.1, 0.15) is 58.3 Å². The Kier molecular flexibility index (Phi) is 15.4. The highest BCUT2D eigenvalue weighted by molar-refractivity contribution is 14.0. The lowest BCUT2D eigenvalue weighted by Crippen LogP contribution is -2.40. The van der Waals surface area contributed by atoms with Gasteiger partial charge in [0.2, 0.25) is 0 Å². The highest BCUT2D eigenvalue weighted by Gasteiger charge is 2.27. The van der Waals surface area contributed by atoms with Crippen LogP contribution in [-0.4, -0.2) is 56.8 Å². The first-order valence-electron chi connectivity index (χ1n) is 9.04. The van der Waals surface area contributed by atoms with E-state index in [1.54, 1.807) is 7.11 Å². The second-order valence-electron chi connectivity index (χ2n) is 6.22. The first-order valence-corrected chi connectivity index (χ1v) is 9.04. The predicted octanol–water partition coefficient (Wildman–Crippen LogP) is 2.98. The van der Waals surface area contributed by atoms with Gasteiger partial charge in [0.15, 0.2) is 5.96 Å². The number of nitrogens with two attached hydrogens (primary N) is 1. The quantitative estimate of drug-likeness (QED) is 0.189. The molecular formula is C17H37IN4O. The number of aliphatic imine (C=N–C) groups is 1. The summed E-state index contributed by atoms with van der Waals surface area (Å²) in [5.41, 5.74) is 5.91. The van der Waals surface area contributed by atoms with Crippen molar-refractivity contribution in [3.8, 4) is 0 Å². The van der Waals surface area contributed by atoms with Gasteiger partial charge in [-0.2, -0.15) is 0 Å². The molecule has 1 fully saturated rings. The summed E-state index contributed by atoms with van der Waals surface area (Å²) in [6, 6.07) is 0.762. The molecule has 6 heteroatoms. The largest absolute Gasteiger partial charge is 0.383 e. The fourth-order valence-corrected chi connectivity index (χ4v) is 2.60. The van der Waals surface area contributed by atoms with Crippen LogP contribution in [0.4, 0.5) is 0 Å². The molecular weight excluding hydrogens is 403 g/mol. The molecule has 3 N–H and O–H groups in total. The number of hydrogen-bond donors (Lipinski definition) is 2. The van der Waals surface area contributed by atoms with Crippen LogP contribution in [-0.2, 0) is 4.74 Å². The molecule has 1 rings (SSSR count). The summed E-state index contributed by atoms with van der Waals surface area (Å²) in [5, 5.41) is 3.23. The van der Waals surface area contributed by atoms with E-state index in [0.717, 1.165) is 45.2 Å². The number of methoxy groups -OCH3 is 1. The van der Waals surface area contributed by atoms with Gasteiger partial charge in [0.1, 0.15) is 0 Å². The van der Waals surface area contributed by atoms with E-state index in [9.17, 15) is 0 Å². The van der Waals surface area contributed by atoms with Gasteiger partial charge in [0.05, 0.1) is 6.61 Å². The molecule has 1 aliphatic rings. The third-order valence-corrected chi connectivity index (χ3v) is 4.14. The van der Waals surface area contributed by atoms with Crippen LogP contribution in [0, 0.1) is 0 Å². The van der Waals surface area contributed by atoms with Gasteiger partial charge < -0.3 is 15.8 Å².